The number of quaternary nitrogens is 1. The number of nitrogens with one attached hydrogen (secondary N) is 1. The van der Waals surface area contributed by atoms with Crippen LogP contribution < -0.4 is 9.64 Å². The summed E-state index contributed by atoms with van der Waals surface area (Å²) in [7, 11) is 0. The molecule has 25 heavy (non-hydrogen) atoms. The second-order valence-corrected chi connectivity index (χ2v) is 6.71. The van der Waals surface area contributed by atoms with Gasteiger partial charge in [-0.3, -0.25) is 4.90 Å². The number of benzene rings is 3. The van der Waals surface area contributed by atoms with Gasteiger partial charge in [-0.2, -0.15) is 0 Å². The Labute approximate surface area is 146 Å². The molecule has 0 spiro atoms. The van der Waals surface area contributed by atoms with E-state index in [0.29, 0.717) is 0 Å². The van der Waals surface area contributed by atoms with Crippen molar-refractivity contribution in [1.82, 2.24) is 0 Å². The summed E-state index contributed by atoms with van der Waals surface area (Å²) in [5.41, 5.74) is 4.56. The molecule has 0 aliphatic carbocycles. The van der Waals surface area contributed by atoms with E-state index in [4.69, 9.17) is 9.15 Å². The molecule has 4 aromatic rings. The highest BCUT2D eigenvalue weighted by molar-refractivity contribution is 6.07. The molecule has 1 aliphatic rings. The summed E-state index contributed by atoms with van der Waals surface area (Å²) in [6.07, 6.45) is 1.07. The lowest BCUT2D eigenvalue weighted by atomic mass is 10.0. The van der Waals surface area contributed by atoms with Crippen LogP contribution in [0.1, 0.15) is 11.1 Å². The summed E-state index contributed by atoms with van der Waals surface area (Å²) in [4.78, 5) is 1.45. The fraction of sp³-hybridized carbons (Fsp3) is 0.182. The van der Waals surface area contributed by atoms with E-state index in [0.717, 1.165) is 43.2 Å². The van der Waals surface area contributed by atoms with E-state index < -0.39 is 0 Å². The minimum Gasteiger partial charge on any atom is -0.456 e. The lowest BCUT2D eigenvalue weighted by Crippen LogP contribution is -3.12. The first kappa shape index (κ1) is 14.6. The monoisotopic (exact) mass is 330 g/mol. The standard InChI is InChI=1S/C22H19NO2/c1-2-6-16(7-3-1)12-13-23-14-18-19(24-15-23)10-11-21-22(18)17-8-4-5-9-20(17)25-21/h1-11H,12-15H2/p+1. The molecule has 0 amide bonds. The van der Waals surface area contributed by atoms with Gasteiger partial charge in [-0.05, 0) is 23.8 Å². The van der Waals surface area contributed by atoms with E-state index in [1.54, 1.807) is 0 Å². The zero-order valence-corrected chi connectivity index (χ0v) is 14.0. The Hall–Kier alpha value is -2.78. The van der Waals surface area contributed by atoms with Gasteiger partial charge >= 0.3 is 0 Å². The molecule has 3 nitrogen and oxygen atoms in total. The third-order valence-electron chi connectivity index (χ3n) is 5.08. The molecule has 0 radical (unpaired) electrons. The fourth-order valence-corrected chi connectivity index (χ4v) is 3.79. The summed E-state index contributed by atoms with van der Waals surface area (Å²) in [5.74, 6) is 1.00. The van der Waals surface area contributed by atoms with Crippen molar-refractivity contribution in [3.05, 3.63) is 77.9 Å². The van der Waals surface area contributed by atoms with Gasteiger partial charge in [0, 0.05) is 17.2 Å². The highest BCUT2D eigenvalue weighted by Gasteiger charge is 2.24. The molecule has 1 aliphatic heterocycles. The molecule has 5 rings (SSSR count). The van der Waals surface area contributed by atoms with Crippen LogP contribution in [0.5, 0.6) is 5.75 Å². The van der Waals surface area contributed by atoms with E-state index in [2.05, 4.69) is 42.5 Å². The van der Waals surface area contributed by atoms with Crippen LogP contribution in [0.2, 0.25) is 0 Å². The fourth-order valence-electron chi connectivity index (χ4n) is 3.79. The van der Waals surface area contributed by atoms with Crippen molar-refractivity contribution in [2.75, 3.05) is 13.3 Å². The Kier molecular flexibility index (Phi) is 3.46. The average Bonchev–Trinajstić information content (AvgIpc) is 3.06. The van der Waals surface area contributed by atoms with Crippen molar-refractivity contribution < 1.29 is 14.1 Å². The number of hydrogen-bond donors (Lipinski definition) is 1. The van der Waals surface area contributed by atoms with Gasteiger partial charge in [-0.25, -0.2) is 0 Å². The largest absolute Gasteiger partial charge is 0.456 e. The van der Waals surface area contributed by atoms with E-state index in [1.165, 1.54) is 26.8 Å². The first-order valence-corrected chi connectivity index (χ1v) is 8.82. The first-order valence-electron chi connectivity index (χ1n) is 8.82. The van der Waals surface area contributed by atoms with Crippen molar-refractivity contribution in [1.29, 1.82) is 0 Å². The van der Waals surface area contributed by atoms with Gasteiger partial charge in [0.05, 0.1) is 12.1 Å². The molecule has 3 heteroatoms. The van der Waals surface area contributed by atoms with Crippen LogP contribution in [0, 0.1) is 0 Å². The highest BCUT2D eigenvalue weighted by atomic mass is 16.5. The van der Waals surface area contributed by atoms with Crippen LogP contribution in [-0.4, -0.2) is 13.3 Å². The molecule has 0 bridgehead atoms. The van der Waals surface area contributed by atoms with E-state index >= 15 is 0 Å². The number of hydrogen-bond acceptors (Lipinski definition) is 2. The van der Waals surface area contributed by atoms with Crippen molar-refractivity contribution >= 4 is 21.9 Å². The summed E-state index contributed by atoms with van der Waals surface area (Å²) in [5, 5.41) is 2.40. The Balaban J connectivity index is 1.48. The molecule has 124 valence electrons. The molecule has 2 heterocycles. The minimum atomic E-state index is 0.723. The SMILES string of the molecule is c1ccc(CC[NH+]2COc3ccc4oc5ccccc5c4c3C2)cc1. The molecule has 0 fully saturated rings. The van der Waals surface area contributed by atoms with Crippen LogP contribution in [-0.2, 0) is 13.0 Å². The van der Waals surface area contributed by atoms with Crippen molar-refractivity contribution in [3.63, 3.8) is 0 Å². The van der Waals surface area contributed by atoms with Gasteiger partial charge in [0.2, 0.25) is 6.73 Å². The molecule has 1 unspecified atom stereocenters. The van der Waals surface area contributed by atoms with Gasteiger partial charge < -0.3 is 9.15 Å². The lowest BCUT2D eigenvalue weighted by Gasteiger charge is -2.26. The van der Waals surface area contributed by atoms with Gasteiger partial charge in [0.15, 0.2) is 0 Å². The third kappa shape index (κ3) is 2.57. The van der Waals surface area contributed by atoms with Crippen molar-refractivity contribution in [3.8, 4) is 5.75 Å². The van der Waals surface area contributed by atoms with Crippen LogP contribution in [0.25, 0.3) is 21.9 Å². The number of rotatable bonds is 3. The normalized spacial score (nSPS) is 16.7. The summed E-state index contributed by atoms with van der Waals surface area (Å²) in [6, 6.07) is 23.0. The average molecular weight is 330 g/mol. The summed E-state index contributed by atoms with van der Waals surface area (Å²) < 4.78 is 12.1. The van der Waals surface area contributed by atoms with Crippen LogP contribution in [0.4, 0.5) is 0 Å². The van der Waals surface area contributed by atoms with Crippen LogP contribution >= 0.6 is 0 Å². The maximum absolute atomic E-state index is 6.07. The quantitative estimate of drug-likeness (QED) is 0.622. The molecule has 3 aromatic carbocycles. The number of fused-ring (bicyclic) bond motifs is 5. The van der Waals surface area contributed by atoms with Gasteiger partial charge in [0.25, 0.3) is 0 Å². The Morgan fingerprint density at radius 3 is 2.60 bits per heavy atom. The van der Waals surface area contributed by atoms with E-state index in [-0.39, 0.29) is 0 Å². The van der Waals surface area contributed by atoms with Gasteiger partial charge in [-0.15, -0.1) is 0 Å². The van der Waals surface area contributed by atoms with E-state index in [1.807, 2.05) is 24.3 Å². The summed E-state index contributed by atoms with van der Waals surface area (Å²) in [6.45, 7) is 2.76. The molecule has 1 atom stereocenters. The topological polar surface area (TPSA) is 26.8 Å². The molecule has 0 saturated heterocycles. The molecule has 1 aromatic heterocycles. The molecule has 1 N–H and O–H groups in total. The number of para-hydroxylation sites is 1. The predicted octanol–water partition coefficient (Wildman–Crippen LogP) is 3.56. The molecular weight excluding hydrogens is 310 g/mol. The summed E-state index contributed by atoms with van der Waals surface area (Å²) >= 11 is 0. The second-order valence-electron chi connectivity index (χ2n) is 6.71. The van der Waals surface area contributed by atoms with Crippen molar-refractivity contribution in [2.24, 2.45) is 0 Å². The second kappa shape index (κ2) is 5.94. The number of ether oxygens (including phenoxy) is 1. The zero-order chi connectivity index (χ0) is 16.6. The smallest absolute Gasteiger partial charge is 0.222 e. The maximum Gasteiger partial charge on any atom is 0.222 e. The zero-order valence-electron chi connectivity index (χ0n) is 14.0. The minimum absolute atomic E-state index is 0.723. The third-order valence-corrected chi connectivity index (χ3v) is 5.08. The first-order chi connectivity index (χ1) is 12.4. The van der Waals surface area contributed by atoms with Crippen LogP contribution in [0.15, 0.2) is 71.1 Å². The Bertz CT molecular complexity index is 1040. The molecule has 0 saturated carbocycles. The predicted molar refractivity (Wildman–Crippen MR) is 98.9 cm³/mol. The van der Waals surface area contributed by atoms with Gasteiger partial charge in [-0.1, -0.05) is 48.5 Å². The number of furan rings is 1. The van der Waals surface area contributed by atoms with E-state index in [9.17, 15) is 0 Å². The van der Waals surface area contributed by atoms with Crippen molar-refractivity contribution in [2.45, 2.75) is 13.0 Å². The molecular formula is C22H20NO2+. The lowest BCUT2D eigenvalue weighted by molar-refractivity contribution is -0.932. The van der Waals surface area contributed by atoms with Crippen LogP contribution in [0.3, 0.4) is 0 Å². The highest BCUT2D eigenvalue weighted by Crippen LogP contribution is 2.36. The van der Waals surface area contributed by atoms with Gasteiger partial charge in [0.1, 0.15) is 23.5 Å². The Morgan fingerprint density at radius 1 is 0.840 bits per heavy atom. The Morgan fingerprint density at radius 2 is 1.68 bits per heavy atom. The maximum atomic E-state index is 6.07.